The number of nitrogens with one attached hydrogen (secondary N) is 2. The molecule has 2 N–H and O–H groups in total. The second-order valence-corrected chi connectivity index (χ2v) is 6.27. The second-order valence-electron chi connectivity index (χ2n) is 3.91. The van der Waals surface area contributed by atoms with E-state index in [4.69, 9.17) is 34.8 Å². The van der Waals surface area contributed by atoms with E-state index in [1.54, 1.807) is 6.92 Å². The van der Waals surface area contributed by atoms with Crippen molar-refractivity contribution in [3.05, 3.63) is 29.8 Å². The van der Waals surface area contributed by atoms with Gasteiger partial charge >= 0.3 is 0 Å². The van der Waals surface area contributed by atoms with Crippen LogP contribution >= 0.6 is 34.8 Å². The highest BCUT2D eigenvalue weighted by Crippen LogP contribution is 2.31. The molecular formula is C12H15Cl3N2O. The van der Waals surface area contributed by atoms with Crippen LogP contribution in [0.25, 0.3) is 0 Å². The van der Waals surface area contributed by atoms with E-state index in [2.05, 4.69) is 10.6 Å². The summed E-state index contributed by atoms with van der Waals surface area (Å²) >= 11 is 17.5. The third kappa shape index (κ3) is 4.92. The molecule has 6 heteroatoms. The summed E-state index contributed by atoms with van der Waals surface area (Å²) in [6.07, 6.45) is -0.454. The molecule has 0 heterocycles. The average Bonchev–Trinajstić information content (AvgIpc) is 2.29. The maximum atomic E-state index is 11.4. The third-order valence-electron chi connectivity index (χ3n) is 2.32. The second kappa shape index (κ2) is 6.50. The highest BCUT2D eigenvalue weighted by molar-refractivity contribution is 6.68. The van der Waals surface area contributed by atoms with Gasteiger partial charge in [-0.25, -0.2) is 0 Å². The molecule has 0 spiro atoms. The number of amides is 1. The van der Waals surface area contributed by atoms with E-state index >= 15 is 0 Å². The number of anilines is 1. The SMILES string of the molecule is CCC(=O)N[C@H](Nc1ccc(C)cc1)C(Cl)(Cl)Cl. The molecule has 0 aliphatic heterocycles. The molecule has 0 saturated carbocycles. The van der Waals surface area contributed by atoms with Crippen molar-refractivity contribution in [1.82, 2.24) is 5.32 Å². The lowest BCUT2D eigenvalue weighted by molar-refractivity contribution is -0.121. The van der Waals surface area contributed by atoms with Crippen molar-refractivity contribution in [3.63, 3.8) is 0 Å². The molecule has 0 unspecified atom stereocenters. The van der Waals surface area contributed by atoms with Gasteiger partial charge in [-0.05, 0) is 19.1 Å². The van der Waals surface area contributed by atoms with Crippen LogP contribution in [0.15, 0.2) is 24.3 Å². The fourth-order valence-corrected chi connectivity index (χ4v) is 1.61. The molecule has 0 fully saturated rings. The molecule has 1 rings (SSSR count). The van der Waals surface area contributed by atoms with Crippen molar-refractivity contribution in [2.24, 2.45) is 0 Å². The van der Waals surface area contributed by atoms with Crippen LogP contribution in [-0.2, 0) is 4.79 Å². The lowest BCUT2D eigenvalue weighted by Gasteiger charge is -2.27. The van der Waals surface area contributed by atoms with Crippen LogP contribution in [0, 0.1) is 6.92 Å². The molecule has 0 aromatic heterocycles. The first-order chi connectivity index (χ1) is 8.32. The highest BCUT2D eigenvalue weighted by Gasteiger charge is 2.33. The standard InChI is InChI=1S/C12H15Cl3N2O/c1-3-10(18)17-11(12(13,14)15)16-9-6-4-8(2)5-7-9/h4-7,11,16H,3H2,1-2H3,(H,17,18)/t11-/m0/s1. The van der Waals surface area contributed by atoms with Crippen molar-refractivity contribution in [2.45, 2.75) is 30.2 Å². The van der Waals surface area contributed by atoms with Gasteiger partial charge in [0.05, 0.1) is 0 Å². The van der Waals surface area contributed by atoms with Gasteiger partial charge in [0.2, 0.25) is 9.70 Å². The van der Waals surface area contributed by atoms with Gasteiger partial charge in [0.1, 0.15) is 6.17 Å². The molecule has 1 amide bonds. The molecule has 0 saturated heterocycles. The first-order valence-corrected chi connectivity index (χ1v) is 6.65. The van der Waals surface area contributed by atoms with Crippen LogP contribution in [0.3, 0.4) is 0 Å². The predicted molar refractivity (Wildman–Crippen MR) is 77.3 cm³/mol. The van der Waals surface area contributed by atoms with Crippen molar-refractivity contribution >= 4 is 46.4 Å². The number of halogens is 3. The largest absolute Gasteiger partial charge is 0.362 e. The van der Waals surface area contributed by atoms with E-state index in [0.717, 1.165) is 11.3 Å². The van der Waals surface area contributed by atoms with Gasteiger partial charge in [-0.2, -0.15) is 0 Å². The molecule has 3 nitrogen and oxygen atoms in total. The van der Waals surface area contributed by atoms with Crippen molar-refractivity contribution < 1.29 is 4.79 Å². The Morgan fingerprint density at radius 3 is 2.28 bits per heavy atom. The number of carbonyl (C=O) groups is 1. The van der Waals surface area contributed by atoms with Gasteiger partial charge in [0, 0.05) is 12.1 Å². The maximum Gasteiger partial charge on any atom is 0.228 e. The first-order valence-electron chi connectivity index (χ1n) is 5.52. The Morgan fingerprint density at radius 2 is 1.83 bits per heavy atom. The van der Waals surface area contributed by atoms with Crippen LogP contribution in [0.1, 0.15) is 18.9 Å². The Kier molecular flexibility index (Phi) is 5.57. The van der Waals surface area contributed by atoms with Crippen LogP contribution in [0.5, 0.6) is 0 Å². The summed E-state index contributed by atoms with van der Waals surface area (Å²) in [5, 5.41) is 5.61. The number of hydrogen-bond donors (Lipinski definition) is 2. The molecule has 0 aliphatic carbocycles. The normalized spacial score (nSPS) is 12.9. The van der Waals surface area contributed by atoms with E-state index in [-0.39, 0.29) is 5.91 Å². The van der Waals surface area contributed by atoms with Crippen LogP contribution in [0.4, 0.5) is 5.69 Å². The number of rotatable bonds is 4. The minimum absolute atomic E-state index is 0.189. The molecular weight excluding hydrogens is 295 g/mol. The number of alkyl halides is 3. The van der Waals surface area contributed by atoms with Gasteiger partial charge in [-0.3, -0.25) is 4.79 Å². The molecule has 0 bridgehead atoms. The average molecular weight is 310 g/mol. The molecule has 0 radical (unpaired) electrons. The molecule has 100 valence electrons. The zero-order valence-electron chi connectivity index (χ0n) is 10.1. The summed E-state index contributed by atoms with van der Waals surface area (Å²) in [5.74, 6) is -0.189. The predicted octanol–water partition coefficient (Wildman–Crippen LogP) is 3.63. The minimum Gasteiger partial charge on any atom is -0.362 e. The van der Waals surface area contributed by atoms with Crippen molar-refractivity contribution in [2.75, 3.05) is 5.32 Å². The molecule has 1 atom stereocenters. The van der Waals surface area contributed by atoms with E-state index in [9.17, 15) is 4.79 Å². The van der Waals surface area contributed by atoms with Gasteiger partial charge in [-0.1, -0.05) is 59.4 Å². The lowest BCUT2D eigenvalue weighted by Crippen LogP contribution is -2.48. The summed E-state index contributed by atoms with van der Waals surface area (Å²) in [6, 6.07) is 7.58. The molecule has 0 aliphatic rings. The maximum absolute atomic E-state index is 11.4. The summed E-state index contributed by atoms with van der Waals surface area (Å²) in [5.41, 5.74) is 1.90. The van der Waals surface area contributed by atoms with E-state index in [0.29, 0.717) is 6.42 Å². The van der Waals surface area contributed by atoms with Gasteiger partial charge in [0.25, 0.3) is 0 Å². The van der Waals surface area contributed by atoms with Gasteiger partial charge in [0.15, 0.2) is 0 Å². The monoisotopic (exact) mass is 308 g/mol. The molecule has 18 heavy (non-hydrogen) atoms. The number of hydrogen-bond acceptors (Lipinski definition) is 2. The Labute approximate surface area is 122 Å². The smallest absolute Gasteiger partial charge is 0.228 e. The van der Waals surface area contributed by atoms with Crippen LogP contribution in [-0.4, -0.2) is 15.9 Å². The third-order valence-corrected chi connectivity index (χ3v) is 2.97. The highest BCUT2D eigenvalue weighted by atomic mass is 35.6. The quantitative estimate of drug-likeness (QED) is 0.659. The van der Waals surface area contributed by atoms with Crippen LogP contribution < -0.4 is 10.6 Å². The number of benzene rings is 1. The van der Waals surface area contributed by atoms with Gasteiger partial charge in [-0.15, -0.1) is 0 Å². The fraction of sp³-hybridized carbons (Fsp3) is 0.417. The summed E-state index contributed by atoms with van der Waals surface area (Å²) in [7, 11) is 0. The summed E-state index contributed by atoms with van der Waals surface area (Å²) in [6.45, 7) is 3.71. The van der Waals surface area contributed by atoms with E-state index < -0.39 is 9.96 Å². The Balaban J connectivity index is 2.78. The van der Waals surface area contributed by atoms with Gasteiger partial charge < -0.3 is 10.6 Å². The fourth-order valence-electron chi connectivity index (χ4n) is 1.28. The molecule has 1 aromatic carbocycles. The summed E-state index contributed by atoms with van der Waals surface area (Å²) < 4.78 is -1.63. The van der Waals surface area contributed by atoms with E-state index in [1.165, 1.54) is 0 Å². The topological polar surface area (TPSA) is 41.1 Å². The van der Waals surface area contributed by atoms with Crippen molar-refractivity contribution in [1.29, 1.82) is 0 Å². The lowest BCUT2D eigenvalue weighted by atomic mass is 10.2. The molecule has 1 aromatic rings. The Morgan fingerprint density at radius 1 is 1.28 bits per heavy atom. The van der Waals surface area contributed by atoms with Crippen molar-refractivity contribution in [3.8, 4) is 0 Å². The summed E-state index contributed by atoms with van der Waals surface area (Å²) in [4.78, 5) is 11.4. The minimum atomic E-state index is -1.63. The Hall–Kier alpha value is -0.640. The van der Waals surface area contributed by atoms with E-state index in [1.807, 2.05) is 31.2 Å². The zero-order chi connectivity index (χ0) is 13.8. The number of aryl methyl sites for hydroxylation is 1. The zero-order valence-corrected chi connectivity index (χ0v) is 12.4. The van der Waals surface area contributed by atoms with Crippen LogP contribution in [0.2, 0.25) is 0 Å². The number of carbonyl (C=O) groups excluding carboxylic acids is 1. The Bertz CT molecular complexity index is 401. The first kappa shape index (κ1) is 15.4.